The predicted octanol–water partition coefficient (Wildman–Crippen LogP) is 4.08. The molecule has 1 saturated heterocycles. The summed E-state index contributed by atoms with van der Waals surface area (Å²) in [6, 6.07) is 18.3. The highest BCUT2D eigenvalue weighted by molar-refractivity contribution is 5.94. The van der Waals surface area contributed by atoms with E-state index in [0.29, 0.717) is 18.7 Å². The van der Waals surface area contributed by atoms with Crippen molar-refractivity contribution in [3.63, 3.8) is 0 Å². The van der Waals surface area contributed by atoms with Crippen molar-refractivity contribution >= 4 is 11.6 Å². The third-order valence-electron chi connectivity index (χ3n) is 5.51. The first-order valence-corrected chi connectivity index (χ1v) is 10.3. The summed E-state index contributed by atoms with van der Waals surface area (Å²) in [4.78, 5) is 14.9. The number of hydrogen-bond donors (Lipinski definition) is 1. The molecule has 0 atom stereocenters. The number of aromatic nitrogens is 2. The Morgan fingerprint density at radius 2 is 1.62 bits per heavy atom. The van der Waals surface area contributed by atoms with E-state index >= 15 is 0 Å². The van der Waals surface area contributed by atoms with Gasteiger partial charge in [0.1, 0.15) is 0 Å². The second-order valence-electron chi connectivity index (χ2n) is 7.82. The van der Waals surface area contributed by atoms with Crippen molar-refractivity contribution in [3.8, 4) is 0 Å². The Balaban J connectivity index is 1.32. The third-order valence-corrected chi connectivity index (χ3v) is 5.51. The van der Waals surface area contributed by atoms with E-state index in [4.69, 9.17) is 0 Å². The number of carbonyl (C=O) groups is 1. The summed E-state index contributed by atoms with van der Waals surface area (Å²) in [7, 11) is 0. The van der Waals surface area contributed by atoms with Gasteiger partial charge >= 0.3 is 0 Å². The minimum Gasteiger partial charge on any atom is -0.372 e. The summed E-state index contributed by atoms with van der Waals surface area (Å²) in [6.07, 6.45) is 2.55. The second kappa shape index (κ2) is 8.52. The lowest BCUT2D eigenvalue weighted by atomic mass is 10.1. The van der Waals surface area contributed by atoms with Crippen molar-refractivity contribution in [1.82, 2.24) is 15.1 Å². The summed E-state index contributed by atoms with van der Waals surface area (Å²) in [5.74, 6) is -0.0497. The molecular weight excluding hydrogens is 360 g/mol. The van der Waals surface area contributed by atoms with Gasteiger partial charge in [0, 0.05) is 36.6 Å². The monoisotopic (exact) mass is 388 g/mol. The Morgan fingerprint density at radius 3 is 2.24 bits per heavy atom. The molecule has 0 bridgehead atoms. The minimum absolute atomic E-state index is 0.0497. The van der Waals surface area contributed by atoms with Gasteiger partial charge in [0.2, 0.25) is 0 Å². The maximum atomic E-state index is 12.5. The van der Waals surface area contributed by atoms with Crippen LogP contribution in [-0.2, 0) is 13.1 Å². The van der Waals surface area contributed by atoms with Crippen LogP contribution in [0.15, 0.2) is 54.6 Å². The van der Waals surface area contributed by atoms with Gasteiger partial charge in [-0.3, -0.25) is 9.48 Å². The predicted molar refractivity (Wildman–Crippen MR) is 116 cm³/mol. The van der Waals surface area contributed by atoms with E-state index in [2.05, 4.69) is 52.6 Å². The molecule has 1 aliphatic heterocycles. The zero-order valence-electron chi connectivity index (χ0n) is 17.2. The van der Waals surface area contributed by atoms with E-state index in [-0.39, 0.29) is 5.91 Å². The highest BCUT2D eigenvalue weighted by atomic mass is 16.1. The number of amides is 1. The van der Waals surface area contributed by atoms with Gasteiger partial charge in [-0.2, -0.15) is 5.10 Å². The highest BCUT2D eigenvalue weighted by Crippen LogP contribution is 2.20. The number of rotatable bonds is 6. The van der Waals surface area contributed by atoms with E-state index in [9.17, 15) is 4.79 Å². The number of nitrogens with zero attached hydrogens (tertiary/aromatic N) is 3. The zero-order valence-corrected chi connectivity index (χ0v) is 17.2. The van der Waals surface area contributed by atoms with Crippen molar-refractivity contribution in [2.45, 2.75) is 39.8 Å². The minimum atomic E-state index is -0.0497. The molecular formula is C24H28N4O. The van der Waals surface area contributed by atoms with Crippen LogP contribution >= 0.6 is 0 Å². The molecule has 1 aromatic heterocycles. The van der Waals surface area contributed by atoms with Crippen LogP contribution in [-0.4, -0.2) is 28.8 Å². The molecule has 29 heavy (non-hydrogen) atoms. The molecule has 0 aliphatic carbocycles. The van der Waals surface area contributed by atoms with E-state index in [1.807, 2.05) is 35.9 Å². The standard InChI is InChI=1S/C24H28N4O/c1-18-15-19(2)28(26-18)17-21-5-9-22(10-6-21)24(29)25-16-20-7-11-23(12-8-20)27-13-3-4-14-27/h5-12,15H,3-4,13-14,16-17H2,1-2H3,(H,25,29). The van der Waals surface area contributed by atoms with Gasteiger partial charge < -0.3 is 10.2 Å². The van der Waals surface area contributed by atoms with Gasteiger partial charge in [-0.15, -0.1) is 0 Å². The molecule has 2 aromatic carbocycles. The fourth-order valence-electron chi connectivity index (χ4n) is 3.85. The second-order valence-corrected chi connectivity index (χ2v) is 7.82. The number of carbonyl (C=O) groups excluding carboxylic acids is 1. The molecule has 1 aliphatic rings. The summed E-state index contributed by atoms with van der Waals surface area (Å²) < 4.78 is 1.98. The van der Waals surface area contributed by atoms with Gasteiger partial charge in [0.15, 0.2) is 0 Å². The Kier molecular flexibility index (Phi) is 5.65. The Hall–Kier alpha value is -3.08. The maximum Gasteiger partial charge on any atom is 0.251 e. The van der Waals surface area contributed by atoms with Crippen molar-refractivity contribution in [2.24, 2.45) is 0 Å². The highest BCUT2D eigenvalue weighted by Gasteiger charge is 2.12. The topological polar surface area (TPSA) is 50.2 Å². The van der Waals surface area contributed by atoms with Crippen LogP contribution in [0.5, 0.6) is 0 Å². The molecule has 0 unspecified atom stereocenters. The summed E-state index contributed by atoms with van der Waals surface area (Å²) in [5, 5.41) is 7.51. The lowest BCUT2D eigenvalue weighted by Crippen LogP contribution is -2.23. The fourth-order valence-corrected chi connectivity index (χ4v) is 3.85. The van der Waals surface area contributed by atoms with E-state index < -0.39 is 0 Å². The average Bonchev–Trinajstić information content (AvgIpc) is 3.37. The first-order valence-electron chi connectivity index (χ1n) is 10.3. The molecule has 3 aromatic rings. The molecule has 4 rings (SSSR count). The first kappa shape index (κ1) is 19.2. The van der Waals surface area contributed by atoms with Gasteiger partial charge in [0.05, 0.1) is 12.2 Å². The molecule has 1 amide bonds. The number of aryl methyl sites for hydroxylation is 2. The summed E-state index contributed by atoms with van der Waals surface area (Å²) in [6.45, 7) is 7.59. The van der Waals surface area contributed by atoms with Crippen molar-refractivity contribution in [3.05, 3.63) is 82.7 Å². The normalized spacial score (nSPS) is 13.7. The molecule has 150 valence electrons. The smallest absolute Gasteiger partial charge is 0.251 e. The van der Waals surface area contributed by atoms with Crippen LogP contribution < -0.4 is 10.2 Å². The van der Waals surface area contributed by atoms with E-state index in [1.54, 1.807) is 0 Å². The molecule has 5 nitrogen and oxygen atoms in total. The quantitative estimate of drug-likeness (QED) is 0.692. The number of hydrogen-bond acceptors (Lipinski definition) is 3. The first-order chi connectivity index (χ1) is 14.1. The van der Waals surface area contributed by atoms with Crippen molar-refractivity contribution in [2.75, 3.05) is 18.0 Å². The third kappa shape index (κ3) is 4.67. The van der Waals surface area contributed by atoms with E-state index in [1.165, 1.54) is 18.5 Å². The molecule has 0 radical (unpaired) electrons. The Morgan fingerprint density at radius 1 is 0.966 bits per heavy atom. The SMILES string of the molecule is Cc1cc(C)n(Cc2ccc(C(=O)NCc3ccc(N4CCCC4)cc3)cc2)n1. The zero-order chi connectivity index (χ0) is 20.2. The number of nitrogens with one attached hydrogen (secondary N) is 1. The largest absolute Gasteiger partial charge is 0.372 e. The van der Waals surface area contributed by atoms with Crippen molar-refractivity contribution in [1.29, 1.82) is 0 Å². The van der Waals surface area contributed by atoms with Crippen LogP contribution in [0.3, 0.4) is 0 Å². The summed E-state index contributed by atoms with van der Waals surface area (Å²) >= 11 is 0. The van der Waals surface area contributed by atoms with Crippen LogP contribution in [0.1, 0.15) is 45.7 Å². The van der Waals surface area contributed by atoms with Crippen LogP contribution in [0, 0.1) is 13.8 Å². The van der Waals surface area contributed by atoms with Crippen LogP contribution in [0.2, 0.25) is 0 Å². The van der Waals surface area contributed by atoms with Crippen LogP contribution in [0.25, 0.3) is 0 Å². The number of benzene rings is 2. The average molecular weight is 389 g/mol. The molecule has 2 heterocycles. The lowest BCUT2D eigenvalue weighted by molar-refractivity contribution is 0.0951. The Bertz CT molecular complexity index is 967. The van der Waals surface area contributed by atoms with E-state index in [0.717, 1.165) is 35.6 Å². The molecule has 0 saturated carbocycles. The van der Waals surface area contributed by atoms with Crippen molar-refractivity contribution < 1.29 is 4.79 Å². The van der Waals surface area contributed by atoms with Gasteiger partial charge in [0.25, 0.3) is 5.91 Å². The van der Waals surface area contributed by atoms with Gasteiger partial charge in [-0.1, -0.05) is 24.3 Å². The molecule has 5 heteroatoms. The van der Waals surface area contributed by atoms with Gasteiger partial charge in [-0.25, -0.2) is 0 Å². The maximum absolute atomic E-state index is 12.5. The molecule has 1 N–H and O–H groups in total. The molecule has 1 fully saturated rings. The Labute approximate surface area is 172 Å². The lowest BCUT2D eigenvalue weighted by Gasteiger charge is -2.17. The fraction of sp³-hybridized carbons (Fsp3) is 0.333. The number of anilines is 1. The van der Waals surface area contributed by atoms with Crippen LogP contribution in [0.4, 0.5) is 5.69 Å². The van der Waals surface area contributed by atoms with Gasteiger partial charge in [-0.05, 0) is 68.1 Å². The molecule has 0 spiro atoms. The summed E-state index contributed by atoms with van der Waals surface area (Å²) in [5.41, 5.74) is 6.35.